The van der Waals surface area contributed by atoms with Gasteiger partial charge in [-0.1, -0.05) is 24.3 Å². The summed E-state index contributed by atoms with van der Waals surface area (Å²) in [7, 11) is 3.94. The highest BCUT2D eigenvalue weighted by Crippen LogP contribution is 2.13. The molecule has 0 spiro atoms. The van der Waals surface area contributed by atoms with Gasteiger partial charge in [0.15, 0.2) is 0 Å². The standard InChI is InChI=1S/C15H24N2O/c1-17-7-6-15(11-17)10-16-9-13-4-3-5-14(8-13)12-18-2/h3-5,8,15-16H,6-7,9-12H2,1-2H3. The molecule has 1 saturated heterocycles. The third kappa shape index (κ3) is 4.09. The fourth-order valence-electron chi connectivity index (χ4n) is 2.61. The van der Waals surface area contributed by atoms with Crippen LogP contribution in [0.3, 0.4) is 0 Å². The van der Waals surface area contributed by atoms with Gasteiger partial charge >= 0.3 is 0 Å². The summed E-state index contributed by atoms with van der Waals surface area (Å²) in [4.78, 5) is 2.41. The van der Waals surface area contributed by atoms with Gasteiger partial charge in [0.2, 0.25) is 0 Å². The second kappa shape index (κ2) is 6.88. The van der Waals surface area contributed by atoms with E-state index in [2.05, 4.69) is 41.5 Å². The van der Waals surface area contributed by atoms with Crippen LogP contribution in [-0.4, -0.2) is 38.7 Å². The van der Waals surface area contributed by atoms with Crippen LogP contribution < -0.4 is 5.32 Å². The molecule has 0 aromatic heterocycles. The van der Waals surface area contributed by atoms with Crippen LogP contribution in [-0.2, 0) is 17.9 Å². The van der Waals surface area contributed by atoms with E-state index in [4.69, 9.17) is 4.74 Å². The molecule has 3 nitrogen and oxygen atoms in total. The van der Waals surface area contributed by atoms with Crippen molar-refractivity contribution >= 4 is 0 Å². The van der Waals surface area contributed by atoms with Gasteiger partial charge in [-0.2, -0.15) is 0 Å². The molecule has 1 N–H and O–H groups in total. The van der Waals surface area contributed by atoms with Gasteiger partial charge in [-0.25, -0.2) is 0 Å². The van der Waals surface area contributed by atoms with Crippen LogP contribution in [0.5, 0.6) is 0 Å². The third-order valence-corrected chi connectivity index (χ3v) is 3.55. The zero-order valence-corrected chi connectivity index (χ0v) is 11.5. The van der Waals surface area contributed by atoms with Gasteiger partial charge in [0, 0.05) is 20.2 Å². The van der Waals surface area contributed by atoms with Crippen LogP contribution in [0.15, 0.2) is 24.3 Å². The van der Waals surface area contributed by atoms with Crippen molar-refractivity contribution in [1.29, 1.82) is 0 Å². The highest BCUT2D eigenvalue weighted by molar-refractivity contribution is 5.22. The lowest BCUT2D eigenvalue weighted by atomic mass is 10.1. The molecule has 18 heavy (non-hydrogen) atoms. The van der Waals surface area contributed by atoms with Crippen LogP contribution in [0.4, 0.5) is 0 Å². The quantitative estimate of drug-likeness (QED) is 0.832. The minimum absolute atomic E-state index is 0.696. The summed E-state index contributed by atoms with van der Waals surface area (Å²) in [6.07, 6.45) is 1.33. The summed E-state index contributed by atoms with van der Waals surface area (Å²) in [6, 6.07) is 8.61. The molecule has 0 radical (unpaired) electrons. The highest BCUT2D eigenvalue weighted by atomic mass is 16.5. The topological polar surface area (TPSA) is 24.5 Å². The number of nitrogens with zero attached hydrogens (tertiary/aromatic N) is 1. The summed E-state index contributed by atoms with van der Waals surface area (Å²) < 4.78 is 5.15. The van der Waals surface area contributed by atoms with Gasteiger partial charge in [-0.05, 0) is 43.6 Å². The van der Waals surface area contributed by atoms with E-state index in [0.717, 1.165) is 19.0 Å². The van der Waals surface area contributed by atoms with E-state index in [1.165, 1.54) is 30.6 Å². The van der Waals surface area contributed by atoms with Crippen molar-refractivity contribution in [3.05, 3.63) is 35.4 Å². The van der Waals surface area contributed by atoms with Crippen molar-refractivity contribution < 1.29 is 4.74 Å². The van der Waals surface area contributed by atoms with Crippen molar-refractivity contribution in [2.45, 2.75) is 19.6 Å². The van der Waals surface area contributed by atoms with E-state index < -0.39 is 0 Å². The van der Waals surface area contributed by atoms with E-state index in [0.29, 0.717) is 6.61 Å². The first-order chi connectivity index (χ1) is 8.78. The molecule has 0 saturated carbocycles. The number of hydrogen-bond acceptors (Lipinski definition) is 3. The SMILES string of the molecule is COCc1cccc(CNCC2CCN(C)C2)c1. The molecule has 0 bridgehead atoms. The maximum absolute atomic E-state index is 5.15. The first-order valence-electron chi connectivity index (χ1n) is 6.74. The van der Waals surface area contributed by atoms with E-state index in [1.54, 1.807) is 7.11 Å². The van der Waals surface area contributed by atoms with Crippen molar-refractivity contribution in [3.8, 4) is 0 Å². The summed E-state index contributed by atoms with van der Waals surface area (Å²) >= 11 is 0. The Balaban J connectivity index is 1.74. The van der Waals surface area contributed by atoms with Gasteiger partial charge in [-0.3, -0.25) is 0 Å². The maximum Gasteiger partial charge on any atom is 0.0713 e. The van der Waals surface area contributed by atoms with Crippen LogP contribution >= 0.6 is 0 Å². The van der Waals surface area contributed by atoms with E-state index in [9.17, 15) is 0 Å². The van der Waals surface area contributed by atoms with Crippen LogP contribution in [0.2, 0.25) is 0 Å². The van der Waals surface area contributed by atoms with Crippen LogP contribution in [0.25, 0.3) is 0 Å². The Labute approximate surface area is 110 Å². The summed E-state index contributed by atoms with van der Waals surface area (Å²) in [5.74, 6) is 0.817. The predicted molar refractivity (Wildman–Crippen MR) is 74.5 cm³/mol. The first-order valence-corrected chi connectivity index (χ1v) is 6.74. The Kier molecular flexibility index (Phi) is 5.17. The zero-order chi connectivity index (χ0) is 12.8. The van der Waals surface area contributed by atoms with Gasteiger partial charge in [0.05, 0.1) is 6.61 Å². The lowest BCUT2D eigenvalue weighted by Crippen LogP contribution is -2.24. The molecule has 1 aromatic rings. The number of methoxy groups -OCH3 is 1. The Hall–Kier alpha value is -0.900. The van der Waals surface area contributed by atoms with Crippen molar-refractivity contribution in [2.24, 2.45) is 5.92 Å². The monoisotopic (exact) mass is 248 g/mol. The number of likely N-dealkylation sites (tertiary alicyclic amines) is 1. The predicted octanol–water partition coefficient (Wildman–Crippen LogP) is 1.87. The minimum Gasteiger partial charge on any atom is -0.380 e. The third-order valence-electron chi connectivity index (χ3n) is 3.55. The van der Waals surface area contributed by atoms with Crippen molar-refractivity contribution in [2.75, 3.05) is 33.8 Å². The van der Waals surface area contributed by atoms with Gasteiger partial charge < -0.3 is 15.0 Å². The highest BCUT2D eigenvalue weighted by Gasteiger charge is 2.18. The first kappa shape index (κ1) is 13.5. The second-order valence-electron chi connectivity index (χ2n) is 5.30. The molecule has 1 heterocycles. The molecule has 100 valence electrons. The average Bonchev–Trinajstić information content (AvgIpc) is 2.76. The van der Waals surface area contributed by atoms with Crippen molar-refractivity contribution in [1.82, 2.24) is 10.2 Å². The molecule has 1 aliphatic rings. The van der Waals surface area contributed by atoms with Gasteiger partial charge in [0.1, 0.15) is 0 Å². The molecule has 1 atom stereocenters. The average molecular weight is 248 g/mol. The smallest absolute Gasteiger partial charge is 0.0713 e. The molecule has 0 amide bonds. The fraction of sp³-hybridized carbons (Fsp3) is 0.600. The molecule has 2 rings (SSSR count). The Morgan fingerprint density at radius 1 is 1.39 bits per heavy atom. The number of ether oxygens (including phenoxy) is 1. The fourth-order valence-corrected chi connectivity index (χ4v) is 2.61. The van der Waals surface area contributed by atoms with E-state index in [-0.39, 0.29) is 0 Å². The number of rotatable bonds is 6. The molecule has 0 aliphatic carbocycles. The lowest BCUT2D eigenvalue weighted by molar-refractivity contribution is 0.185. The number of hydrogen-bond donors (Lipinski definition) is 1. The minimum atomic E-state index is 0.696. The van der Waals surface area contributed by atoms with E-state index in [1.807, 2.05) is 0 Å². The molecular formula is C15H24N2O. The zero-order valence-electron chi connectivity index (χ0n) is 11.5. The van der Waals surface area contributed by atoms with E-state index >= 15 is 0 Å². The Bertz CT molecular complexity index is 367. The number of nitrogens with one attached hydrogen (secondary N) is 1. The molecule has 3 heteroatoms. The molecule has 1 unspecified atom stereocenters. The summed E-state index contributed by atoms with van der Waals surface area (Å²) in [6.45, 7) is 5.25. The second-order valence-corrected chi connectivity index (χ2v) is 5.30. The lowest BCUT2D eigenvalue weighted by Gasteiger charge is -2.12. The molecular weight excluding hydrogens is 224 g/mol. The molecule has 1 fully saturated rings. The summed E-state index contributed by atoms with van der Waals surface area (Å²) in [5, 5.41) is 3.57. The largest absolute Gasteiger partial charge is 0.380 e. The van der Waals surface area contributed by atoms with Crippen LogP contribution in [0, 0.1) is 5.92 Å². The normalized spacial score (nSPS) is 20.4. The van der Waals surface area contributed by atoms with Gasteiger partial charge in [0.25, 0.3) is 0 Å². The summed E-state index contributed by atoms with van der Waals surface area (Å²) in [5.41, 5.74) is 2.59. The molecule has 1 aromatic carbocycles. The number of benzene rings is 1. The van der Waals surface area contributed by atoms with Crippen molar-refractivity contribution in [3.63, 3.8) is 0 Å². The Morgan fingerprint density at radius 3 is 2.94 bits per heavy atom. The Morgan fingerprint density at radius 2 is 2.22 bits per heavy atom. The van der Waals surface area contributed by atoms with Gasteiger partial charge in [-0.15, -0.1) is 0 Å². The van der Waals surface area contributed by atoms with Crippen LogP contribution in [0.1, 0.15) is 17.5 Å². The molecule has 1 aliphatic heterocycles. The maximum atomic E-state index is 5.15.